The highest BCUT2D eigenvalue weighted by Crippen LogP contribution is 2.39. The van der Waals surface area contributed by atoms with Crippen molar-refractivity contribution >= 4 is 18.2 Å². The van der Waals surface area contributed by atoms with E-state index in [0.717, 1.165) is 10.5 Å². The molecule has 142 valence electrons. The molecular weight excluding hydrogens is 368 g/mol. The molecule has 0 amide bonds. The number of carbonyl (C=O) groups is 1. The summed E-state index contributed by atoms with van der Waals surface area (Å²) in [7, 11) is 0. The first-order valence-electron chi connectivity index (χ1n) is 8.72. The Kier molecular flexibility index (Phi) is 5.75. The van der Waals surface area contributed by atoms with Gasteiger partial charge in [-0.3, -0.25) is 4.79 Å². The Hall–Kier alpha value is -1.90. The van der Waals surface area contributed by atoms with Crippen LogP contribution in [0.15, 0.2) is 65.6 Å². The fourth-order valence-electron chi connectivity index (χ4n) is 3.29. The van der Waals surface area contributed by atoms with Gasteiger partial charge in [0, 0.05) is 10.5 Å². The van der Waals surface area contributed by atoms with E-state index in [0.29, 0.717) is 6.47 Å². The Labute approximate surface area is 161 Å². The van der Waals surface area contributed by atoms with Crippen LogP contribution in [0.1, 0.15) is 11.9 Å². The predicted molar refractivity (Wildman–Crippen MR) is 97.9 cm³/mol. The van der Waals surface area contributed by atoms with Crippen LogP contribution in [0.2, 0.25) is 0 Å². The van der Waals surface area contributed by atoms with Gasteiger partial charge in [0.1, 0.15) is 23.7 Å². The molecule has 6 atom stereocenters. The number of hydrogen-bond donors (Lipinski definition) is 1. The van der Waals surface area contributed by atoms with Crippen molar-refractivity contribution in [3.8, 4) is 0 Å². The lowest BCUT2D eigenvalue weighted by Crippen LogP contribution is -2.61. The maximum atomic E-state index is 11.0. The van der Waals surface area contributed by atoms with Gasteiger partial charge >= 0.3 is 0 Å². The molecule has 27 heavy (non-hydrogen) atoms. The normalized spacial score (nSPS) is 33.1. The highest BCUT2D eigenvalue weighted by molar-refractivity contribution is 7.99. The van der Waals surface area contributed by atoms with Crippen molar-refractivity contribution in [3.05, 3.63) is 66.2 Å². The first-order chi connectivity index (χ1) is 13.3. The lowest BCUT2D eigenvalue weighted by molar-refractivity contribution is -0.318. The summed E-state index contributed by atoms with van der Waals surface area (Å²) >= 11 is 1.38. The maximum absolute atomic E-state index is 11.0. The molecule has 0 spiro atoms. The van der Waals surface area contributed by atoms with Crippen molar-refractivity contribution in [1.29, 1.82) is 0 Å². The second-order valence-electron chi connectivity index (χ2n) is 6.34. The topological polar surface area (TPSA) is 74.2 Å². The van der Waals surface area contributed by atoms with Gasteiger partial charge in [0.05, 0.1) is 6.61 Å². The third kappa shape index (κ3) is 4.02. The Balaban J connectivity index is 1.52. The third-order valence-corrected chi connectivity index (χ3v) is 5.75. The number of carbonyl (C=O) groups excluding carboxylic acids is 1. The Bertz CT molecular complexity index is 743. The summed E-state index contributed by atoms with van der Waals surface area (Å²) in [4.78, 5) is 12.0. The van der Waals surface area contributed by atoms with E-state index < -0.39 is 36.1 Å². The Morgan fingerprint density at radius 3 is 2.44 bits per heavy atom. The summed E-state index contributed by atoms with van der Waals surface area (Å²) in [5.74, 6) is 0. The van der Waals surface area contributed by atoms with E-state index in [1.54, 1.807) is 0 Å². The molecular formula is C20H20O6S. The quantitative estimate of drug-likeness (QED) is 0.789. The molecule has 2 aromatic carbocycles. The first-order valence-corrected chi connectivity index (χ1v) is 9.60. The van der Waals surface area contributed by atoms with Crippen LogP contribution < -0.4 is 0 Å². The summed E-state index contributed by atoms with van der Waals surface area (Å²) in [5, 5.41) is 10.8. The van der Waals surface area contributed by atoms with Crippen molar-refractivity contribution in [3.63, 3.8) is 0 Å². The molecule has 4 rings (SSSR count). The van der Waals surface area contributed by atoms with Crippen molar-refractivity contribution in [2.24, 2.45) is 0 Å². The standard InChI is InChI=1S/C20H20O6S/c21-12-24-18-16(22)20(27-14-9-5-2-6-10-14)25-15-11-23-19(26-17(15)18)13-7-3-1-4-8-13/h1-10,12,15-20,22H,11H2/t15-,16-,17-,18-,19-,20+/m1/s1. The molecule has 7 heteroatoms. The molecule has 6 nitrogen and oxygen atoms in total. The highest BCUT2D eigenvalue weighted by atomic mass is 32.2. The SMILES string of the molecule is O=CO[C@@H]1[C@@H](O)[C@H](Sc2ccccc2)O[C@@H]2CO[C@@H](c3ccccc3)O[C@@H]12. The molecule has 1 N–H and O–H groups in total. The van der Waals surface area contributed by atoms with Gasteiger partial charge in [0.15, 0.2) is 12.4 Å². The van der Waals surface area contributed by atoms with E-state index in [4.69, 9.17) is 18.9 Å². The Morgan fingerprint density at radius 1 is 1.04 bits per heavy atom. The molecule has 2 aliphatic heterocycles. The van der Waals surface area contributed by atoms with Gasteiger partial charge in [-0.25, -0.2) is 0 Å². The lowest BCUT2D eigenvalue weighted by atomic mass is 9.98. The summed E-state index contributed by atoms with van der Waals surface area (Å²) in [6.45, 7) is 0.623. The van der Waals surface area contributed by atoms with Crippen molar-refractivity contribution in [1.82, 2.24) is 0 Å². The number of fused-ring (bicyclic) bond motifs is 1. The average molecular weight is 388 g/mol. The van der Waals surface area contributed by atoms with Crippen molar-refractivity contribution < 1.29 is 28.8 Å². The molecule has 0 aromatic heterocycles. The van der Waals surface area contributed by atoms with Crippen LogP contribution >= 0.6 is 11.8 Å². The monoisotopic (exact) mass is 388 g/mol. The molecule has 2 aliphatic rings. The van der Waals surface area contributed by atoms with Crippen LogP contribution in [0.4, 0.5) is 0 Å². The van der Waals surface area contributed by atoms with Gasteiger partial charge < -0.3 is 24.1 Å². The summed E-state index contributed by atoms with van der Waals surface area (Å²) < 4.78 is 23.1. The number of rotatable bonds is 5. The molecule has 0 saturated carbocycles. The number of thioether (sulfide) groups is 1. The lowest BCUT2D eigenvalue weighted by Gasteiger charge is -2.47. The zero-order valence-corrected chi connectivity index (χ0v) is 15.2. The second kappa shape index (κ2) is 8.41. The molecule has 2 aromatic rings. The minimum Gasteiger partial charge on any atom is -0.459 e. The van der Waals surface area contributed by atoms with E-state index >= 15 is 0 Å². The second-order valence-corrected chi connectivity index (χ2v) is 7.51. The van der Waals surface area contributed by atoms with Gasteiger partial charge in [-0.05, 0) is 12.1 Å². The molecule has 2 saturated heterocycles. The molecule has 0 aliphatic carbocycles. The zero-order valence-electron chi connectivity index (χ0n) is 14.4. The molecule has 0 radical (unpaired) electrons. The average Bonchev–Trinajstić information content (AvgIpc) is 2.72. The minimum absolute atomic E-state index is 0.279. The largest absolute Gasteiger partial charge is 0.459 e. The summed E-state index contributed by atoms with van der Waals surface area (Å²) in [5.41, 5.74) is 0.259. The van der Waals surface area contributed by atoms with Crippen molar-refractivity contribution in [2.45, 2.75) is 41.0 Å². The highest BCUT2D eigenvalue weighted by Gasteiger charge is 2.51. The van der Waals surface area contributed by atoms with E-state index in [1.807, 2.05) is 60.7 Å². The summed E-state index contributed by atoms with van der Waals surface area (Å²) in [6, 6.07) is 19.1. The van der Waals surface area contributed by atoms with E-state index in [9.17, 15) is 9.90 Å². The van der Waals surface area contributed by atoms with Crippen LogP contribution in [-0.4, -0.2) is 48.0 Å². The van der Waals surface area contributed by atoms with Crippen LogP contribution in [0.5, 0.6) is 0 Å². The van der Waals surface area contributed by atoms with Gasteiger partial charge in [0.25, 0.3) is 6.47 Å². The molecule has 0 unspecified atom stereocenters. The van der Waals surface area contributed by atoms with Crippen LogP contribution in [0.3, 0.4) is 0 Å². The van der Waals surface area contributed by atoms with Crippen LogP contribution in [0, 0.1) is 0 Å². The predicted octanol–water partition coefficient (Wildman–Crippen LogP) is 2.52. The number of hydrogen-bond acceptors (Lipinski definition) is 7. The minimum atomic E-state index is -1.03. The number of aliphatic hydroxyl groups excluding tert-OH is 1. The van der Waals surface area contributed by atoms with Gasteiger partial charge in [-0.2, -0.15) is 0 Å². The van der Waals surface area contributed by atoms with E-state index in [2.05, 4.69) is 0 Å². The maximum Gasteiger partial charge on any atom is 0.293 e. The molecule has 2 fully saturated rings. The van der Waals surface area contributed by atoms with E-state index in [-0.39, 0.29) is 6.61 Å². The third-order valence-electron chi connectivity index (χ3n) is 4.59. The zero-order chi connectivity index (χ0) is 18.6. The van der Waals surface area contributed by atoms with Gasteiger partial charge in [0.2, 0.25) is 0 Å². The summed E-state index contributed by atoms with van der Waals surface area (Å²) in [6.07, 6.45) is -3.52. The first kappa shape index (κ1) is 18.5. The van der Waals surface area contributed by atoms with Crippen LogP contribution in [-0.2, 0) is 23.7 Å². The fraction of sp³-hybridized carbons (Fsp3) is 0.350. The Morgan fingerprint density at radius 2 is 1.74 bits per heavy atom. The number of ether oxygens (including phenoxy) is 4. The molecule has 2 heterocycles. The smallest absolute Gasteiger partial charge is 0.293 e. The van der Waals surface area contributed by atoms with Gasteiger partial charge in [-0.15, -0.1) is 0 Å². The number of benzene rings is 2. The van der Waals surface area contributed by atoms with Gasteiger partial charge in [-0.1, -0.05) is 60.3 Å². The van der Waals surface area contributed by atoms with Crippen LogP contribution in [0.25, 0.3) is 0 Å². The fourth-order valence-corrected chi connectivity index (χ4v) is 4.37. The van der Waals surface area contributed by atoms with E-state index in [1.165, 1.54) is 11.8 Å². The number of aliphatic hydroxyl groups is 1. The molecule has 0 bridgehead atoms. The van der Waals surface area contributed by atoms with Crippen molar-refractivity contribution in [2.75, 3.05) is 6.61 Å².